The molecule has 0 aliphatic carbocycles. The van der Waals surface area contributed by atoms with Crippen LogP contribution >= 0.6 is 0 Å². The lowest BCUT2D eigenvalue weighted by molar-refractivity contribution is 0.138. The van der Waals surface area contributed by atoms with Crippen molar-refractivity contribution >= 4 is 5.69 Å². The molecule has 3 nitrogen and oxygen atoms in total. The third kappa shape index (κ3) is 2.74. The first-order valence-electron chi connectivity index (χ1n) is 6.75. The van der Waals surface area contributed by atoms with Crippen LogP contribution in [-0.2, 0) is 0 Å². The van der Waals surface area contributed by atoms with Crippen LogP contribution in [0.25, 0.3) is 0 Å². The second-order valence-corrected chi connectivity index (χ2v) is 6.00. The van der Waals surface area contributed by atoms with E-state index in [4.69, 9.17) is 0 Å². The average molecular weight is 266 g/mol. The predicted molar refractivity (Wildman–Crippen MR) is 76.0 cm³/mol. The van der Waals surface area contributed by atoms with Crippen molar-refractivity contribution in [1.82, 2.24) is 4.90 Å². The molecule has 106 valence electrons. The number of piperazine rings is 1. The molecule has 2 rings (SSSR count). The number of hydrogen-bond donors (Lipinski definition) is 1. The lowest BCUT2D eigenvalue weighted by Gasteiger charge is -2.46. The van der Waals surface area contributed by atoms with Gasteiger partial charge in [-0.1, -0.05) is 6.07 Å². The van der Waals surface area contributed by atoms with Gasteiger partial charge in [0.25, 0.3) is 0 Å². The van der Waals surface area contributed by atoms with E-state index in [0.717, 1.165) is 25.3 Å². The number of benzene rings is 1. The van der Waals surface area contributed by atoms with Crippen LogP contribution in [0.1, 0.15) is 32.4 Å². The molecule has 0 bridgehead atoms. The summed E-state index contributed by atoms with van der Waals surface area (Å²) in [6.45, 7) is 8.59. The third-order valence-corrected chi connectivity index (χ3v) is 4.10. The van der Waals surface area contributed by atoms with Crippen LogP contribution in [0, 0.1) is 5.82 Å². The SMILES string of the molecule is CC(O)c1c(F)cccc1N1CCN(C)C(C)(C)C1. The Bertz CT molecular complexity index is 459. The Morgan fingerprint density at radius 1 is 1.32 bits per heavy atom. The van der Waals surface area contributed by atoms with Crippen molar-refractivity contribution in [1.29, 1.82) is 0 Å². The number of nitrogens with zero attached hydrogens (tertiary/aromatic N) is 2. The first-order valence-corrected chi connectivity index (χ1v) is 6.75. The minimum atomic E-state index is -0.793. The van der Waals surface area contributed by atoms with Crippen LogP contribution in [-0.4, -0.2) is 42.2 Å². The highest BCUT2D eigenvalue weighted by Crippen LogP contribution is 2.32. The summed E-state index contributed by atoms with van der Waals surface area (Å²) in [5.74, 6) is -0.329. The van der Waals surface area contributed by atoms with Gasteiger partial charge in [0.15, 0.2) is 0 Å². The molecule has 1 fully saturated rings. The predicted octanol–water partition coefficient (Wildman–Crippen LogP) is 2.41. The number of rotatable bonds is 2. The number of likely N-dealkylation sites (N-methyl/N-ethyl adjacent to an activating group) is 1. The molecule has 1 aromatic rings. The van der Waals surface area contributed by atoms with E-state index in [0.29, 0.717) is 5.56 Å². The highest BCUT2D eigenvalue weighted by atomic mass is 19.1. The van der Waals surface area contributed by atoms with Crippen molar-refractivity contribution in [3.05, 3.63) is 29.6 Å². The van der Waals surface area contributed by atoms with Crippen molar-refractivity contribution in [2.24, 2.45) is 0 Å². The van der Waals surface area contributed by atoms with E-state index < -0.39 is 6.10 Å². The van der Waals surface area contributed by atoms with Crippen LogP contribution in [0.5, 0.6) is 0 Å². The molecule has 0 amide bonds. The minimum absolute atomic E-state index is 0.0422. The van der Waals surface area contributed by atoms with Gasteiger partial charge in [-0.3, -0.25) is 4.90 Å². The molecule has 0 spiro atoms. The molecule has 1 atom stereocenters. The van der Waals surface area contributed by atoms with E-state index in [1.807, 2.05) is 6.07 Å². The summed E-state index contributed by atoms with van der Waals surface area (Å²) >= 11 is 0. The molecule has 1 aromatic carbocycles. The number of halogens is 1. The quantitative estimate of drug-likeness (QED) is 0.890. The third-order valence-electron chi connectivity index (χ3n) is 4.10. The topological polar surface area (TPSA) is 26.7 Å². The van der Waals surface area contributed by atoms with Crippen LogP contribution < -0.4 is 4.90 Å². The number of hydrogen-bond acceptors (Lipinski definition) is 3. The highest BCUT2D eigenvalue weighted by molar-refractivity contribution is 5.56. The van der Waals surface area contributed by atoms with Gasteiger partial charge in [-0.25, -0.2) is 4.39 Å². The zero-order chi connectivity index (χ0) is 14.2. The molecule has 1 aliphatic heterocycles. The monoisotopic (exact) mass is 266 g/mol. The number of anilines is 1. The molecule has 1 unspecified atom stereocenters. The van der Waals surface area contributed by atoms with Crippen LogP contribution in [0.2, 0.25) is 0 Å². The van der Waals surface area contributed by atoms with Crippen LogP contribution in [0.4, 0.5) is 10.1 Å². The minimum Gasteiger partial charge on any atom is -0.389 e. The Morgan fingerprint density at radius 2 is 2.00 bits per heavy atom. The maximum atomic E-state index is 13.9. The maximum Gasteiger partial charge on any atom is 0.131 e. The Hall–Kier alpha value is -1.13. The summed E-state index contributed by atoms with van der Waals surface area (Å²) in [4.78, 5) is 4.48. The summed E-state index contributed by atoms with van der Waals surface area (Å²) < 4.78 is 13.9. The summed E-state index contributed by atoms with van der Waals surface area (Å²) in [5, 5.41) is 9.82. The molecule has 1 heterocycles. The zero-order valence-corrected chi connectivity index (χ0v) is 12.2. The normalized spacial score (nSPS) is 21.5. The largest absolute Gasteiger partial charge is 0.389 e. The van der Waals surface area contributed by atoms with Crippen LogP contribution in [0.15, 0.2) is 18.2 Å². The van der Waals surface area contributed by atoms with Gasteiger partial charge in [0.1, 0.15) is 5.82 Å². The molecule has 1 N–H and O–H groups in total. The fourth-order valence-corrected chi connectivity index (χ4v) is 2.66. The zero-order valence-electron chi connectivity index (χ0n) is 12.2. The summed E-state index contributed by atoms with van der Waals surface area (Å²) in [6, 6.07) is 5.02. The molecule has 0 saturated carbocycles. The molecule has 19 heavy (non-hydrogen) atoms. The van der Waals surface area contributed by atoms with E-state index in [1.54, 1.807) is 13.0 Å². The lowest BCUT2D eigenvalue weighted by atomic mass is 9.97. The maximum absolute atomic E-state index is 13.9. The van der Waals surface area contributed by atoms with Crippen molar-refractivity contribution in [3.8, 4) is 0 Å². The van der Waals surface area contributed by atoms with Gasteiger partial charge in [-0.05, 0) is 40.0 Å². The molecular weight excluding hydrogens is 243 g/mol. The highest BCUT2D eigenvalue weighted by Gasteiger charge is 2.32. The van der Waals surface area contributed by atoms with Crippen molar-refractivity contribution in [2.75, 3.05) is 31.6 Å². The van der Waals surface area contributed by atoms with E-state index in [-0.39, 0.29) is 11.4 Å². The van der Waals surface area contributed by atoms with E-state index in [9.17, 15) is 9.50 Å². The lowest BCUT2D eigenvalue weighted by Crippen LogP contribution is -2.57. The number of aliphatic hydroxyl groups excluding tert-OH is 1. The van der Waals surface area contributed by atoms with Gasteiger partial charge in [-0.2, -0.15) is 0 Å². The van der Waals surface area contributed by atoms with Crippen LogP contribution in [0.3, 0.4) is 0 Å². The van der Waals surface area contributed by atoms with E-state index in [1.165, 1.54) is 6.07 Å². The van der Waals surface area contributed by atoms with Gasteiger partial charge in [0, 0.05) is 36.4 Å². The van der Waals surface area contributed by atoms with Gasteiger partial charge >= 0.3 is 0 Å². The van der Waals surface area contributed by atoms with Gasteiger partial charge in [0.05, 0.1) is 6.10 Å². The molecule has 0 aromatic heterocycles. The second kappa shape index (κ2) is 5.10. The van der Waals surface area contributed by atoms with Gasteiger partial charge in [-0.15, -0.1) is 0 Å². The fraction of sp³-hybridized carbons (Fsp3) is 0.600. The van der Waals surface area contributed by atoms with E-state index in [2.05, 4.69) is 30.7 Å². The van der Waals surface area contributed by atoms with Crippen molar-refractivity contribution < 1.29 is 9.50 Å². The Morgan fingerprint density at radius 3 is 2.58 bits per heavy atom. The fourth-order valence-electron chi connectivity index (χ4n) is 2.66. The molecule has 1 aliphatic rings. The molecule has 1 saturated heterocycles. The standard InChI is InChI=1S/C15H23FN2O/c1-11(19)14-12(16)6-5-7-13(14)18-9-8-17(4)15(2,3)10-18/h5-7,11,19H,8-10H2,1-4H3. The van der Waals surface area contributed by atoms with Crippen molar-refractivity contribution in [3.63, 3.8) is 0 Å². The molecule has 4 heteroatoms. The first kappa shape index (κ1) is 14.3. The van der Waals surface area contributed by atoms with Gasteiger partial charge in [0.2, 0.25) is 0 Å². The Kier molecular flexibility index (Phi) is 3.83. The van der Waals surface area contributed by atoms with Crippen molar-refractivity contribution in [2.45, 2.75) is 32.4 Å². The molecule has 0 radical (unpaired) electrons. The smallest absolute Gasteiger partial charge is 0.131 e. The Balaban J connectivity index is 2.35. The average Bonchev–Trinajstić information content (AvgIpc) is 2.31. The molecular formula is C15H23FN2O. The summed E-state index contributed by atoms with van der Waals surface area (Å²) in [7, 11) is 2.11. The summed E-state index contributed by atoms with van der Waals surface area (Å²) in [5.41, 5.74) is 1.26. The second-order valence-electron chi connectivity index (χ2n) is 6.00. The van der Waals surface area contributed by atoms with Gasteiger partial charge < -0.3 is 10.0 Å². The number of aliphatic hydroxyl groups is 1. The first-order chi connectivity index (χ1) is 8.83. The summed E-state index contributed by atoms with van der Waals surface area (Å²) in [6.07, 6.45) is -0.793. The Labute approximate surface area is 114 Å². The van der Waals surface area contributed by atoms with E-state index >= 15 is 0 Å².